The standard InChI is InChI=1S/C17H18O2/c1-12(2)15-6-4-5-7-16(15)19-17(18)14-10-8-13(3)9-11-14/h4-12H,1-3H3. The van der Waals surface area contributed by atoms with Crippen LogP contribution in [-0.2, 0) is 0 Å². The van der Waals surface area contributed by atoms with Crippen molar-refractivity contribution in [3.8, 4) is 5.75 Å². The molecular weight excluding hydrogens is 236 g/mol. The summed E-state index contributed by atoms with van der Waals surface area (Å²) in [6, 6.07) is 15.0. The van der Waals surface area contributed by atoms with E-state index < -0.39 is 0 Å². The summed E-state index contributed by atoms with van der Waals surface area (Å²) >= 11 is 0. The Morgan fingerprint density at radius 2 is 1.63 bits per heavy atom. The van der Waals surface area contributed by atoms with Gasteiger partial charge in [0.05, 0.1) is 5.56 Å². The largest absolute Gasteiger partial charge is 0.423 e. The normalized spacial score (nSPS) is 10.5. The lowest BCUT2D eigenvalue weighted by molar-refractivity contribution is 0.0733. The van der Waals surface area contributed by atoms with E-state index in [-0.39, 0.29) is 5.97 Å². The zero-order valence-corrected chi connectivity index (χ0v) is 11.5. The van der Waals surface area contributed by atoms with Gasteiger partial charge in [-0.1, -0.05) is 49.7 Å². The van der Waals surface area contributed by atoms with Crippen LogP contribution in [0.15, 0.2) is 48.5 Å². The Balaban J connectivity index is 2.22. The molecule has 0 spiro atoms. The van der Waals surface area contributed by atoms with Crippen molar-refractivity contribution >= 4 is 5.97 Å². The van der Waals surface area contributed by atoms with Gasteiger partial charge >= 0.3 is 5.97 Å². The van der Waals surface area contributed by atoms with E-state index in [0.29, 0.717) is 17.2 Å². The molecule has 0 amide bonds. The van der Waals surface area contributed by atoms with Gasteiger partial charge in [-0.05, 0) is 36.6 Å². The molecule has 0 aliphatic rings. The fourth-order valence-electron chi connectivity index (χ4n) is 1.90. The number of aryl methyl sites for hydroxylation is 1. The average molecular weight is 254 g/mol. The number of carbonyl (C=O) groups is 1. The minimum Gasteiger partial charge on any atom is -0.423 e. The zero-order chi connectivity index (χ0) is 13.8. The highest BCUT2D eigenvalue weighted by atomic mass is 16.5. The Labute approximate surface area is 114 Å². The molecule has 0 aliphatic heterocycles. The van der Waals surface area contributed by atoms with E-state index >= 15 is 0 Å². The van der Waals surface area contributed by atoms with Crippen LogP contribution in [0.5, 0.6) is 5.75 Å². The number of para-hydroxylation sites is 1. The molecule has 0 bridgehead atoms. The number of hydrogen-bond donors (Lipinski definition) is 0. The monoisotopic (exact) mass is 254 g/mol. The van der Waals surface area contributed by atoms with Crippen molar-refractivity contribution in [3.05, 3.63) is 65.2 Å². The molecule has 2 rings (SSSR count). The predicted octanol–water partition coefficient (Wildman–Crippen LogP) is 4.34. The van der Waals surface area contributed by atoms with E-state index in [1.165, 1.54) is 0 Å². The van der Waals surface area contributed by atoms with Gasteiger partial charge in [-0.25, -0.2) is 4.79 Å². The summed E-state index contributed by atoms with van der Waals surface area (Å²) in [4.78, 5) is 12.1. The quantitative estimate of drug-likeness (QED) is 0.601. The maximum atomic E-state index is 12.1. The molecule has 19 heavy (non-hydrogen) atoms. The minimum atomic E-state index is -0.312. The summed E-state index contributed by atoms with van der Waals surface area (Å²) in [5.41, 5.74) is 2.74. The fraction of sp³-hybridized carbons (Fsp3) is 0.235. The van der Waals surface area contributed by atoms with Gasteiger partial charge in [0.15, 0.2) is 0 Å². The molecule has 98 valence electrons. The van der Waals surface area contributed by atoms with Gasteiger partial charge in [0.1, 0.15) is 5.75 Å². The number of carbonyl (C=O) groups excluding carboxylic acids is 1. The van der Waals surface area contributed by atoms with Gasteiger partial charge in [-0.3, -0.25) is 0 Å². The molecule has 0 radical (unpaired) electrons. The molecule has 0 aliphatic carbocycles. The molecule has 0 atom stereocenters. The number of ether oxygens (including phenoxy) is 1. The Morgan fingerprint density at radius 1 is 1.00 bits per heavy atom. The van der Waals surface area contributed by atoms with E-state index in [1.54, 1.807) is 12.1 Å². The molecule has 0 fully saturated rings. The number of rotatable bonds is 3. The van der Waals surface area contributed by atoms with Crippen LogP contribution in [0.1, 0.15) is 41.3 Å². The Bertz CT molecular complexity index is 568. The predicted molar refractivity (Wildman–Crippen MR) is 76.7 cm³/mol. The molecule has 0 N–H and O–H groups in total. The summed E-state index contributed by atoms with van der Waals surface area (Å²) in [5, 5.41) is 0. The molecule has 2 nitrogen and oxygen atoms in total. The first-order chi connectivity index (χ1) is 9.08. The lowest BCUT2D eigenvalue weighted by Gasteiger charge is -2.12. The average Bonchev–Trinajstić information content (AvgIpc) is 2.39. The number of benzene rings is 2. The molecular formula is C17H18O2. The molecule has 2 aromatic rings. The van der Waals surface area contributed by atoms with Crippen LogP contribution < -0.4 is 4.74 Å². The highest BCUT2D eigenvalue weighted by Crippen LogP contribution is 2.26. The Kier molecular flexibility index (Phi) is 4.00. The molecule has 2 heteroatoms. The van der Waals surface area contributed by atoms with Crippen LogP contribution in [0, 0.1) is 6.92 Å². The van der Waals surface area contributed by atoms with Gasteiger partial charge in [-0.2, -0.15) is 0 Å². The van der Waals surface area contributed by atoms with Crippen molar-refractivity contribution in [3.63, 3.8) is 0 Å². The van der Waals surface area contributed by atoms with E-state index in [1.807, 2.05) is 43.3 Å². The van der Waals surface area contributed by atoms with Crippen molar-refractivity contribution in [2.24, 2.45) is 0 Å². The maximum absolute atomic E-state index is 12.1. The minimum absolute atomic E-state index is 0.312. The molecule has 0 saturated heterocycles. The highest BCUT2D eigenvalue weighted by Gasteiger charge is 2.12. The third kappa shape index (κ3) is 3.22. The summed E-state index contributed by atoms with van der Waals surface area (Å²) < 4.78 is 5.49. The van der Waals surface area contributed by atoms with E-state index in [2.05, 4.69) is 13.8 Å². The van der Waals surface area contributed by atoms with Crippen LogP contribution in [0.25, 0.3) is 0 Å². The topological polar surface area (TPSA) is 26.3 Å². The summed E-state index contributed by atoms with van der Waals surface area (Å²) in [6.07, 6.45) is 0. The summed E-state index contributed by atoms with van der Waals surface area (Å²) in [6.45, 7) is 6.15. The fourth-order valence-corrected chi connectivity index (χ4v) is 1.90. The molecule has 0 unspecified atom stereocenters. The van der Waals surface area contributed by atoms with Crippen molar-refractivity contribution in [2.45, 2.75) is 26.7 Å². The second kappa shape index (κ2) is 5.70. The van der Waals surface area contributed by atoms with Crippen molar-refractivity contribution in [1.82, 2.24) is 0 Å². The van der Waals surface area contributed by atoms with Crippen LogP contribution in [0.4, 0.5) is 0 Å². The summed E-state index contributed by atoms with van der Waals surface area (Å²) in [7, 11) is 0. The third-order valence-corrected chi connectivity index (χ3v) is 3.03. The smallest absolute Gasteiger partial charge is 0.343 e. The van der Waals surface area contributed by atoms with Crippen molar-refractivity contribution < 1.29 is 9.53 Å². The van der Waals surface area contributed by atoms with Gasteiger partial charge in [-0.15, -0.1) is 0 Å². The molecule has 2 aromatic carbocycles. The first kappa shape index (κ1) is 13.3. The van der Waals surface area contributed by atoms with Crippen LogP contribution >= 0.6 is 0 Å². The first-order valence-electron chi connectivity index (χ1n) is 6.45. The third-order valence-electron chi connectivity index (χ3n) is 3.03. The molecule has 0 saturated carbocycles. The number of esters is 1. The second-order valence-electron chi connectivity index (χ2n) is 4.95. The van der Waals surface area contributed by atoms with Crippen LogP contribution in [0.2, 0.25) is 0 Å². The van der Waals surface area contributed by atoms with E-state index in [0.717, 1.165) is 11.1 Å². The van der Waals surface area contributed by atoms with E-state index in [9.17, 15) is 4.79 Å². The number of hydrogen-bond acceptors (Lipinski definition) is 2. The van der Waals surface area contributed by atoms with Gasteiger partial charge in [0.25, 0.3) is 0 Å². The SMILES string of the molecule is Cc1ccc(C(=O)Oc2ccccc2C(C)C)cc1. The second-order valence-corrected chi connectivity index (χ2v) is 4.95. The molecule has 0 aromatic heterocycles. The van der Waals surface area contributed by atoms with Gasteiger partial charge < -0.3 is 4.74 Å². The Morgan fingerprint density at radius 3 is 2.26 bits per heavy atom. The van der Waals surface area contributed by atoms with Crippen LogP contribution in [-0.4, -0.2) is 5.97 Å². The zero-order valence-electron chi connectivity index (χ0n) is 11.5. The maximum Gasteiger partial charge on any atom is 0.343 e. The van der Waals surface area contributed by atoms with Gasteiger partial charge in [0.2, 0.25) is 0 Å². The summed E-state index contributed by atoms with van der Waals surface area (Å²) in [5.74, 6) is 0.651. The van der Waals surface area contributed by atoms with Crippen LogP contribution in [0.3, 0.4) is 0 Å². The Hall–Kier alpha value is -2.09. The van der Waals surface area contributed by atoms with Crippen molar-refractivity contribution in [2.75, 3.05) is 0 Å². The highest BCUT2D eigenvalue weighted by molar-refractivity contribution is 5.91. The molecule has 0 heterocycles. The first-order valence-corrected chi connectivity index (χ1v) is 6.45. The lowest BCUT2D eigenvalue weighted by Crippen LogP contribution is -2.10. The van der Waals surface area contributed by atoms with Crippen molar-refractivity contribution in [1.29, 1.82) is 0 Å². The lowest BCUT2D eigenvalue weighted by atomic mass is 10.0. The van der Waals surface area contributed by atoms with Gasteiger partial charge in [0, 0.05) is 0 Å². The van der Waals surface area contributed by atoms with E-state index in [4.69, 9.17) is 4.74 Å².